The van der Waals surface area contributed by atoms with Crippen LogP contribution in [0.4, 0.5) is 10.5 Å². The van der Waals surface area contributed by atoms with E-state index in [1.54, 1.807) is 6.21 Å². The first-order chi connectivity index (χ1) is 10.3. The number of hydrogen-bond acceptors (Lipinski definition) is 3. The van der Waals surface area contributed by atoms with Crippen molar-refractivity contribution in [2.75, 3.05) is 11.4 Å². The third kappa shape index (κ3) is 2.98. The normalized spacial score (nSPS) is 16.4. The van der Waals surface area contributed by atoms with Crippen LogP contribution >= 0.6 is 0 Å². The van der Waals surface area contributed by atoms with E-state index in [1.165, 1.54) is 16.8 Å². The molecule has 3 N–H and O–H groups in total. The predicted octanol–water partition coefficient (Wildman–Crippen LogP) is 3.02. The fraction of sp³-hybridized carbons (Fsp3) is 0.412. The Hall–Kier alpha value is -2.30. The molecule has 0 radical (unpaired) electrons. The zero-order valence-electron chi connectivity index (χ0n) is 13.9. The maximum atomic E-state index is 10.7. The molecule has 0 bridgehead atoms. The van der Waals surface area contributed by atoms with Crippen molar-refractivity contribution in [2.24, 2.45) is 10.8 Å². The van der Waals surface area contributed by atoms with E-state index in [9.17, 15) is 4.79 Å². The molecule has 1 aromatic rings. The highest BCUT2D eigenvalue weighted by atomic mass is 16.2. The number of aryl methyl sites for hydroxylation is 1. The summed E-state index contributed by atoms with van der Waals surface area (Å²) in [5, 5.41) is 3.86. The van der Waals surface area contributed by atoms with Gasteiger partial charge in [-0.25, -0.2) is 10.2 Å². The zero-order valence-corrected chi connectivity index (χ0v) is 13.9. The Kier molecular flexibility index (Phi) is 4.26. The number of amides is 2. The standard InChI is InChI=1S/C17H24N4O/c1-6-21-15-7-11(2)13(10-19-20-16(18)22)8-14(15)12(3)9-17(21,4)5/h7-10H,6H2,1-5H3,(H3,18,20,22)/b19-10-. The average molecular weight is 300 g/mol. The lowest BCUT2D eigenvalue weighted by Gasteiger charge is -2.43. The van der Waals surface area contributed by atoms with E-state index in [1.807, 2.05) is 6.92 Å². The lowest BCUT2D eigenvalue weighted by atomic mass is 9.87. The molecule has 0 unspecified atom stereocenters. The van der Waals surface area contributed by atoms with Gasteiger partial charge in [0.2, 0.25) is 0 Å². The van der Waals surface area contributed by atoms with Gasteiger partial charge in [-0.1, -0.05) is 6.08 Å². The summed E-state index contributed by atoms with van der Waals surface area (Å²) < 4.78 is 0. The second kappa shape index (κ2) is 5.83. The molecule has 5 nitrogen and oxygen atoms in total. The molecule has 22 heavy (non-hydrogen) atoms. The lowest BCUT2D eigenvalue weighted by Crippen LogP contribution is -2.45. The number of rotatable bonds is 3. The van der Waals surface area contributed by atoms with Crippen molar-refractivity contribution in [2.45, 2.75) is 40.2 Å². The van der Waals surface area contributed by atoms with Crippen molar-refractivity contribution in [3.8, 4) is 0 Å². The highest BCUT2D eigenvalue weighted by molar-refractivity contribution is 5.89. The largest absolute Gasteiger partial charge is 0.363 e. The Morgan fingerprint density at radius 1 is 1.41 bits per heavy atom. The summed E-state index contributed by atoms with van der Waals surface area (Å²) in [5.74, 6) is 0. The van der Waals surface area contributed by atoms with Crippen LogP contribution in [0.1, 0.15) is 44.4 Å². The Bertz CT molecular complexity index is 659. The number of hydrogen-bond donors (Lipinski definition) is 2. The summed E-state index contributed by atoms with van der Waals surface area (Å²) in [6.07, 6.45) is 3.92. The quantitative estimate of drug-likeness (QED) is 0.665. The molecule has 0 spiro atoms. The van der Waals surface area contributed by atoms with E-state index in [0.29, 0.717) is 0 Å². The van der Waals surface area contributed by atoms with E-state index in [-0.39, 0.29) is 5.54 Å². The van der Waals surface area contributed by atoms with Crippen LogP contribution in [0.2, 0.25) is 0 Å². The molecule has 1 aliphatic rings. The van der Waals surface area contributed by atoms with Crippen molar-refractivity contribution in [1.82, 2.24) is 5.43 Å². The fourth-order valence-electron chi connectivity index (χ4n) is 3.13. The third-order valence-electron chi connectivity index (χ3n) is 4.06. The average Bonchev–Trinajstić information content (AvgIpc) is 2.39. The molecule has 0 fully saturated rings. The molecule has 2 rings (SSSR count). The van der Waals surface area contributed by atoms with Crippen molar-refractivity contribution >= 4 is 23.5 Å². The Labute approximate surface area is 131 Å². The van der Waals surface area contributed by atoms with Gasteiger partial charge in [0.25, 0.3) is 0 Å². The molecule has 1 aromatic carbocycles. The van der Waals surface area contributed by atoms with Gasteiger partial charge in [0.05, 0.1) is 11.8 Å². The van der Waals surface area contributed by atoms with Gasteiger partial charge in [-0.05, 0) is 63.5 Å². The van der Waals surface area contributed by atoms with E-state index in [2.05, 4.69) is 61.3 Å². The van der Waals surface area contributed by atoms with Crippen molar-refractivity contribution in [3.05, 3.63) is 34.9 Å². The number of urea groups is 1. The fourth-order valence-corrected chi connectivity index (χ4v) is 3.13. The maximum absolute atomic E-state index is 10.7. The SMILES string of the molecule is CCN1c2cc(C)c(/C=N\NC(N)=O)cc2C(C)=CC1(C)C. The molecule has 0 saturated carbocycles. The van der Waals surface area contributed by atoms with Crippen LogP contribution in [-0.4, -0.2) is 24.3 Å². The Morgan fingerprint density at radius 2 is 2.09 bits per heavy atom. The number of benzene rings is 1. The monoisotopic (exact) mass is 300 g/mol. The smallest absolute Gasteiger partial charge is 0.332 e. The molecule has 5 heteroatoms. The molecule has 0 aliphatic carbocycles. The van der Waals surface area contributed by atoms with E-state index >= 15 is 0 Å². The molecule has 1 aliphatic heterocycles. The summed E-state index contributed by atoms with van der Waals surface area (Å²) in [7, 11) is 0. The minimum Gasteiger partial charge on any atom is -0.363 e. The van der Waals surface area contributed by atoms with Gasteiger partial charge in [-0.2, -0.15) is 5.10 Å². The van der Waals surface area contributed by atoms with Crippen LogP contribution in [0.15, 0.2) is 23.3 Å². The summed E-state index contributed by atoms with van der Waals surface area (Å²) in [6, 6.07) is 3.63. The minimum absolute atomic E-state index is 0.00139. The number of nitrogens with one attached hydrogen (secondary N) is 1. The zero-order chi connectivity index (χ0) is 16.5. The predicted molar refractivity (Wildman–Crippen MR) is 92.2 cm³/mol. The highest BCUT2D eigenvalue weighted by Crippen LogP contribution is 2.39. The number of hydrazone groups is 1. The molecule has 0 saturated heterocycles. The Morgan fingerprint density at radius 3 is 2.68 bits per heavy atom. The van der Waals surface area contributed by atoms with Crippen LogP contribution in [0.25, 0.3) is 5.57 Å². The van der Waals surface area contributed by atoms with Crippen LogP contribution in [0, 0.1) is 6.92 Å². The van der Waals surface area contributed by atoms with Crippen molar-refractivity contribution < 1.29 is 4.79 Å². The van der Waals surface area contributed by atoms with Crippen molar-refractivity contribution in [1.29, 1.82) is 0 Å². The number of primary amides is 1. The van der Waals surface area contributed by atoms with Gasteiger partial charge >= 0.3 is 6.03 Å². The van der Waals surface area contributed by atoms with Crippen LogP contribution in [-0.2, 0) is 0 Å². The number of likely N-dealkylation sites (N-methyl/N-ethyl adjacent to an activating group) is 1. The number of fused-ring (bicyclic) bond motifs is 1. The van der Waals surface area contributed by atoms with Gasteiger partial charge in [0.15, 0.2) is 0 Å². The molecular formula is C17H24N4O. The first kappa shape index (κ1) is 16.1. The first-order valence-corrected chi connectivity index (χ1v) is 7.47. The summed E-state index contributed by atoms with van der Waals surface area (Å²) >= 11 is 0. The van der Waals surface area contributed by atoms with Gasteiger partial charge in [-0.3, -0.25) is 0 Å². The molecule has 0 atom stereocenters. The van der Waals surface area contributed by atoms with E-state index in [4.69, 9.17) is 5.73 Å². The molecular weight excluding hydrogens is 276 g/mol. The second-order valence-electron chi connectivity index (χ2n) is 6.19. The Balaban J connectivity index is 2.49. The third-order valence-corrected chi connectivity index (χ3v) is 4.06. The number of nitrogens with zero attached hydrogens (tertiary/aromatic N) is 2. The summed E-state index contributed by atoms with van der Waals surface area (Å²) in [6.45, 7) is 11.7. The molecule has 1 heterocycles. The van der Waals surface area contributed by atoms with Gasteiger partial charge in [0.1, 0.15) is 0 Å². The maximum Gasteiger partial charge on any atom is 0.332 e. The van der Waals surface area contributed by atoms with Gasteiger partial charge in [-0.15, -0.1) is 0 Å². The number of anilines is 1. The molecule has 118 valence electrons. The first-order valence-electron chi connectivity index (χ1n) is 7.47. The van der Waals surface area contributed by atoms with E-state index < -0.39 is 6.03 Å². The van der Waals surface area contributed by atoms with Gasteiger partial charge < -0.3 is 10.6 Å². The highest BCUT2D eigenvalue weighted by Gasteiger charge is 2.30. The molecule has 0 aromatic heterocycles. The number of allylic oxidation sites excluding steroid dienone is 1. The van der Waals surface area contributed by atoms with Gasteiger partial charge in [0, 0.05) is 17.8 Å². The number of nitrogens with two attached hydrogens (primary N) is 1. The number of carbonyl (C=O) groups is 1. The van der Waals surface area contributed by atoms with Crippen LogP contribution in [0.5, 0.6) is 0 Å². The van der Waals surface area contributed by atoms with Crippen LogP contribution in [0.3, 0.4) is 0 Å². The van der Waals surface area contributed by atoms with E-state index in [0.717, 1.165) is 17.7 Å². The second-order valence-corrected chi connectivity index (χ2v) is 6.19. The number of carbonyl (C=O) groups excluding carboxylic acids is 1. The minimum atomic E-state index is -0.665. The summed E-state index contributed by atoms with van der Waals surface area (Å²) in [4.78, 5) is 13.1. The molecule has 2 amide bonds. The topological polar surface area (TPSA) is 70.7 Å². The van der Waals surface area contributed by atoms with Crippen molar-refractivity contribution in [3.63, 3.8) is 0 Å². The summed E-state index contributed by atoms with van der Waals surface area (Å²) in [5.41, 5.74) is 13.0. The van der Waals surface area contributed by atoms with Crippen LogP contribution < -0.4 is 16.1 Å². The lowest BCUT2D eigenvalue weighted by molar-refractivity contribution is 0.249.